The summed E-state index contributed by atoms with van der Waals surface area (Å²) >= 11 is 0. The van der Waals surface area contributed by atoms with Crippen LogP contribution in [0.1, 0.15) is 25.5 Å². The summed E-state index contributed by atoms with van der Waals surface area (Å²) in [7, 11) is 0. The third-order valence-electron chi connectivity index (χ3n) is 4.10. The van der Waals surface area contributed by atoms with Crippen molar-refractivity contribution in [3.63, 3.8) is 0 Å². The first kappa shape index (κ1) is 16.0. The van der Waals surface area contributed by atoms with Crippen LogP contribution >= 0.6 is 0 Å². The second-order valence-corrected chi connectivity index (χ2v) is 6.01. The lowest BCUT2D eigenvalue weighted by atomic mass is 10.1. The van der Waals surface area contributed by atoms with Crippen LogP contribution in [0.4, 0.5) is 11.8 Å². The Morgan fingerprint density at radius 1 is 1.19 bits per heavy atom. The summed E-state index contributed by atoms with van der Waals surface area (Å²) in [6.07, 6.45) is 4.75. The number of rotatable bonds is 6. The minimum atomic E-state index is -0.168. The van der Waals surface area contributed by atoms with Crippen LogP contribution in [0.5, 0.6) is 0 Å². The number of H-pyrrole nitrogens is 3. The number of nitrogens with one attached hydrogen (secondary N) is 4. The zero-order chi connectivity index (χ0) is 17.9. The summed E-state index contributed by atoms with van der Waals surface area (Å²) in [6.45, 7) is 2.15. The molecule has 3 heterocycles. The fraction of sp³-hybridized carbons (Fsp3) is 0.235. The molecule has 0 amide bonds. The molecule has 0 unspecified atom stereocenters. The molecule has 9 nitrogen and oxygen atoms in total. The van der Waals surface area contributed by atoms with Gasteiger partial charge in [-0.1, -0.05) is 19.4 Å². The molecule has 0 bridgehead atoms. The van der Waals surface area contributed by atoms with E-state index >= 15 is 0 Å². The number of hydrogen-bond donors (Lipinski definition) is 4. The lowest BCUT2D eigenvalue weighted by molar-refractivity contribution is 0.772. The van der Waals surface area contributed by atoms with E-state index in [1.807, 2.05) is 18.2 Å². The molecule has 4 aromatic rings. The molecule has 4 rings (SSSR count). The first-order valence-corrected chi connectivity index (χ1v) is 8.45. The fourth-order valence-electron chi connectivity index (χ4n) is 2.72. The molecule has 3 aromatic heterocycles. The number of aryl methyl sites for hydroxylation is 1. The Hall–Kier alpha value is -3.49. The maximum atomic E-state index is 11.8. The molecule has 9 heteroatoms. The number of nitrogens with zero attached hydrogens (tertiary/aromatic N) is 4. The highest BCUT2D eigenvalue weighted by molar-refractivity contribution is 5.83. The van der Waals surface area contributed by atoms with E-state index in [1.54, 1.807) is 12.3 Å². The zero-order valence-electron chi connectivity index (χ0n) is 14.2. The van der Waals surface area contributed by atoms with Gasteiger partial charge in [-0.15, -0.1) is 5.10 Å². The van der Waals surface area contributed by atoms with Gasteiger partial charge in [0.1, 0.15) is 0 Å². The highest BCUT2D eigenvalue weighted by atomic mass is 16.1. The molecule has 0 saturated heterocycles. The van der Waals surface area contributed by atoms with E-state index in [2.05, 4.69) is 47.8 Å². The van der Waals surface area contributed by atoms with Crippen molar-refractivity contribution in [2.45, 2.75) is 26.2 Å². The van der Waals surface area contributed by atoms with Gasteiger partial charge in [0.2, 0.25) is 5.95 Å². The summed E-state index contributed by atoms with van der Waals surface area (Å²) in [6, 6.07) is 7.41. The Bertz CT molecular complexity index is 1090. The summed E-state index contributed by atoms with van der Waals surface area (Å²) < 4.78 is 0. The van der Waals surface area contributed by atoms with E-state index < -0.39 is 0 Å². The average molecular weight is 350 g/mol. The van der Waals surface area contributed by atoms with Crippen LogP contribution in [0, 0.1) is 0 Å². The lowest BCUT2D eigenvalue weighted by Gasteiger charge is -2.03. The summed E-state index contributed by atoms with van der Waals surface area (Å²) in [4.78, 5) is 16.3. The summed E-state index contributed by atoms with van der Waals surface area (Å²) in [5, 5.41) is 24.2. The van der Waals surface area contributed by atoms with Gasteiger partial charge in [0, 0.05) is 17.3 Å². The standard InChI is InChI=1S/C17H18N8O/c1-2-3-4-11-8-15(23-21-11)20-17-19-14(9-18-25-17)10-5-6-13-12(7-10)16(26)24-22-13/h5-9H,2-4H2,1H3,(H2,22,24,26)(H2,19,20,21,23,25). The lowest BCUT2D eigenvalue weighted by Crippen LogP contribution is -2.01. The Balaban J connectivity index is 1.58. The van der Waals surface area contributed by atoms with E-state index in [0.29, 0.717) is 22.8 Å². The molecule has 0 aliphatic heterocycles. The SMILES string of the molecule is CCCCc1cc(Nc2nncc(-c3ccc4[nH][nH]c(=O)c4c3)n2)n[nH]1. The zero-order valence-corrected chi connectivity index (χ0v) is 14.2. The summed E-state index contributed by atoms with van der Waals surface area (Å²) in [5.74, 6) is 0.992. The minimum absolute atomic E-state index is 0.168. The van der Waals surface area contributed by atoms with Crippen molar-refractivity contribution >= 4 is 22.7 Å². The highest BCUT2D eigenvalue weighted by Crippen LogP contribution is 2.21. The Morgan fingerprint density at radius 2 is 2.12 bits per heavy atom. The van der Waals surface area contributed by atoms with Gasteiger partial charge in [0.05, 0.1) is 22.8 Å². The fourth-order valence-corrected chi connectivity index (χ4v) is 2.72. The number of aromatic amines is 3. The average Bonchev–Trinajstić information content (AvgIpc) is 3.27. The number of hydrogen-bond acceptors (Lipinski definition) is 6. The van der Waals surface area contributed by atoms with E-state index in [1.165, 1.54) is 0 Å². The third kappa shape index (κ3) is 3.18. The normalized spacial score (nSPS) is 11.1. The second kappa shape index (κ2) is 6.79. The molecule has 0 spiro atoms. The number of benzene rings is 1. The molecule has 0 radical (unpaired) electrons. The van der Waals surface area contributed by atoms with Gasteiger partial charge in [-0.05, 0) is 25.0 Å². The van der Waals surface area contributed by atoms with Crippen LogP contribution in [0.3, 0.4) is 0 Å². The smallest absolute Gasteiger partial charge is 0.271 e. The first-order chi connectivity index (χ1) is 12.7. The van der Waals surface area contributed by atoms with Crippen LogP contribution in [0.15, 0.2) is 35.3 Å². The Labute approximate surface area is 148 Å². The largest absolute Gasteiger partial charge is 0.306 e. The van der Waals surface area contributed by atoms with E-state index in [0.717, 1.165) is 36.0 Å². The van der Waals surface area contributed by atoms with Crippen LogP contribution in [-0.4, -0.2) is 35.6 Å². The number of anilines is 2. The van der Waals surface area contributed by atoms with Gasteiger partial charge in [0.25, 0.3) is 5.56 Å². The van der Waals surface area contributed by atoms with Gasteiger partial charge in [0.15, 0.2) is 5.82 Å². The van der Waals surface area contributed by atoms with Crippen molar-refractivity contribution < 1.29 is 0 Å². The Morgan fingerprint density at radius 3 is 3.00 bits per heavy atom. The van der Waals surface area contributed by atoms with Gasteiger partial charge in [-0.25, -0.2) is 4.98 Å². The van der Waals surface area contributed by atoms with Crippen LogP contribution < -0.4 is 10.9 Å². The molecule has 0 atom stereocenters. The molecule has 0 saturated carbocycles. The van der Waals surface area contributed by atoms with E-state index in [-0.39, 0.29) is 5.56 Å². The first-order valence-electron chi connectivity index (χ1n) is 8.45. The number of fused-ring (bicyclic) bond motifs is 1. The third-order valence-corrected chi connectivity index (χ3v) is 4.10. The van der Waals surface area contributed by atoms with Crippen LogP contribution in [0.2, 0.25) is 0 Å². The maximum Gasteiger partial charge on any atom is 0.271 e. The maximum absolute atomic E-state index is 11.8. The number of unbranched alkanes of at least 4 members (excludes halogenated alkanes) is 1. The van der Waals surface area contributed by atoms with Gasteiger partial charge >= 0.3 is 0 Å². The number of aromatic nitrogens is 7. The molecule has 132 valence electrons. The molecular weight excluding hydrogens is 332 g/mol. The van der Waals surface area contributed by atoms with Gasteiger partial charge < -0.3 is 5.32 Å². The molecule has 26 heavy (non-hydrogen) atoms. The highest BCUT2D eigenvalue weighted by Gasteiger charge is 2.08. The minimum Gasteiger partial charge on any atom is -0.306 e. The second-order valence-electron chi connectivity index (χ2n) is 6.01. The molecule has 1 aromatic carbocycles. The van der Waals surface area contributed by atoms with Crippen molar-refractivity contribution in [2.24, 2.45) is 0 Å². The Kier molecular flexibility index (Phi) is 4.18. The van der Waals surface area contributed by atoms with E-state index in [9.17, 15) is 4.79 Å². The van der Waals surface area contributed by atoms with Gasteiger partial charge in [-0.2, -0.15) is 10.2 Å². The predicted octanol–water partition coefficient (Wildman–Crippen LogP) is 2.52. The van der Waals surface area contributed by atoms with Crippen molar-refractivity contribution in [3.8, 4) is 11.3 Å². The van der Waals surface area contributed by atoms with Crippen molar-refractivity contribution in [2.75, 3.05) is 5.32 Å². The molecule has 4 N–H and O–H groups in total. The summed E-state index contributed by atoms with van der Waals surface area (Å²) in [5.41, 5.74) is 3.04. The van der Waals surface area contributed by atoms with Crippen molar-refractivity contribution in [1.29, 1.82) is 0 Å². The monoisotopic (exact) mass is 350 g/mol. The van der Waals surface area contributed by atoms with Crippen LogP contribution in [0.25, 0.3) is 22.2 Å². The topological polar surface area (TPSA) is 128 Å². The van der Waals surface area contributed by atoms with Crippen LogP contribution in [-0.2, 0) is 6.42 Å². The molecule has 0 aliphatic rings. The predicted molar refractivity (Wildman–Crippen MR) is 98.2 cm³/mol. The molecular formula is C17H18N8O. The molecule has 0 aliphatic carbocycles. The molecule has 0 fully saturated rings. The van der Waals surface area contributed by atoms with Gasteiger partial charge in [-0.3, -0.25) is 20.1 Å². The van der Waals surface area contributed by atoms with Crippen molar-refractivity contribution in [1.82, 2.24) is 35.6 Å². The van der Waals surface area contributed by atoms with Crippen molar-refractivity contribution in [3.05, 3.63) is 46.5 Å². The van der Waals surface area contributed by atoms with E-state index in [4.69, 9.17) is 0 Å². The quantitative estimate of drug-likeness (QED) is 0.423.